The zero-order valence-corrected chi connectivity index (χ0v) is 39.1. The SMILES string of the molecule is CCCCC[C@H](O)/C=C/[C@@H]1[C@@H](CCCCCCC(=O)O[C@H](COC(=O)CCCCCCCCc2oc(CCC)c(C)c2C)COP(=O)([O-])OCC[N+](C)(C)C)[C@@H](O)C[C@H]1O. The van der Waals surface area contributed by atoms with E-state index in [1.807, 2.05) is 27.2 Å². The van der Waals surface area contributed by atoms with E-state index in [-0.39, 0.29) is 37.9 Å². The quantitative estimate of drug-likeness (QED) is 0.0200. The van der Waals surface area contributed by atoms with Crippen LogP contribution in [0.4, 0.5) is 0 Å². The average Bonchev–Trinajstić information content (AvgIpc) is 3.60. The highest BCUT2D eigenvalue weighted by molar-refractivity contribution is 7.45. The number of nitrogens with zero attached hydrogens (tertiary/aromatic N) is 1. The van der Waals surface area contributed by atoms with Gasteiger partial charge < -0.3 is 47.6 Å². The number of phosphoric ester groups is 1. The van der Waals surface area contributed by atoms with Crippen molar-refractivity contribution < 1.29 is 61.8 Å². The predicted molar refractivity (Wildman–Crippen MR) is 232 cm³/mol. The van der Waals surface area contributed by atoms with Gasteiger partial charge in [0.15, 0.2) is 6.10 Å². The first-order valence-electron chi connectivity index (χ1n) is 23.0. The second-order valence-electron chi connectivity index (χ2n) is 18.0. The van der Waals surface area contributed by atoms with Gasteiger partial charge in [-0.05, 0) is 69.4 Å². The van der Waals surface area contributed by atoms with Crippen molar-refractivity contribution in [2.24, 2.45) is 11.8 Å². The molecule has 1 aromatic heterocycles. The lowest BCUT2D eigenvalue weighted by atomic mass is 9.88. The fourth-order valence-corrected chi connectivity index (χ4v) is 8.41. The second-order valence-corrected chi connectivity index (χ2v) is 19.4. The van der Waals surface area contributed by atoms with Crippen molar-refractivity contribution >= 4 is 19.8 Å². The van der Waals surface area contributed by atoms with Gasteiger partial charge in [-0.2, -0.15) is 0 Å². The largest absolute Gasteiger partial charge is 0.756 e. The number of furan rings is 1. The summed E-state index contributed by atoms with van der Waals surface area (Å²) in [6.45, 7) is 8.03. The number of carbonyl (C=O) groups is 2. The van der Waals surface area contributed by atoms with Crippen molar-refractivity contribution in [1.29, 1.82) is 0 Å². The maximum Gasteiger partial charge on any atom is 0.306 e. The molecular formula is C46H82NO12P. The highest BCUT2D eigenvalue weighted by Crippen LogP contribution is 2.39. The molecule has 1 aliphatic carbocycles. The molecule has 1 heterocycles. The highest BCUT2D eigenvalue weighted by atomic mass is 31.2. The molecule has 13 nitrogen and oxygen atoms in total. The van der Waals surface area contributed by atoms with Gasteiger partial charge in [0.1, 0.15) is 31.3 Å². The van der Waals surface area contributed by atoms with Crippen molar-refractivity contribution in [3.05, 3.63) is 34.8 Å². The number of ether oxygens (including phenoxy) is 2. The molecule has 0 aromatic carbocycles. The zero-order chi connectivity index (χ0) is 44.6. The van der Waals surface area contributed by atoms with Crippen molar-refractivity contribution in [2.75, 3.05) is 47.5 Å². The number of rotatable bonds is 34. The van der Waals surface area contributed by atoms with Crippen molar-refractivity contribution in [2.45, 2.75) is 187 Å². The van der Waals surface area contributed by atoms with Gasteiger partial charge in [0, 0.05) is 38.0 Å². The van der Waals surface area contributed by atoms with Crippen LogP contribution in [0.25, 0.3) is 0 Å². The Morgan fingerprint density at radius 3 is 2.08 bits per heavy atom. The summed E-state index contributed by atoms with van der Waals surface area (Å²) in [5.41, 5.74) is 2.55. The lowest BCUT2D eigenvalue weighted by molar-refractivity contribution is -0.870. The van der Waals surface area contributed by atoms with Crippen LogP contribution in [0.15, 0.2) is 16.6 Å². The Morgan fingerprint density at radius 2 is 1.43 bits per heavy atom. The summed E-state index contributed by atoms with van der Waals surface area (Å²) in [4.78, 5) is 37.9. The van der Waals surface area contributed by atoms with Crippen LogP contribution in [0.2, 0.25) is 0 Å². The minimum atomic E-state index is -4.70. The number of aliphatic hydroxyl groups excluding tert-OH is 3. The molecule has 0 radical (unpaired) electrons. The number of quaternary nitrogens is 1. The minimum absolute atomic E-state index is 0.0765. The Balaban J connectivity index is 1.76. The molecule has 0 saturated heterocycles. The van der Waals surface area contributed by atoms with Gasteiger partial charge in [-0.3, -0.25) is 14.2 Å². The lowest BCUT2D eigenvalue weighted by Gasteiger charge is -2.28. The summed E-state index contributed by atoms with van der Waals surface area (Å²) in [7, 11) is 1.01. The van der Waals surface area contributed by atoms with E-state index in [1.165, 1.54) is 11.1 Å². The molecule has 1 aliphatic rings. The number of hydrogen-bond acceptors (Lipinski definition) is 12. The number of hydrogen-bond donors (Lipinski definition) is 3. The first kappa shape index (κ1) is 54.0. The van der Waals surface area contributed by atoms with Crippen LogP contribution >= 0.6 is 7.82 Å². The fraction of sp³-hybridized carbons (Fsp3) is 0.826. The van der Waals surface area contributed by atoms with Crippen LogP contribution in [0.1, 0.15) is 158 Å². The number of aliphatic hydroxyl groups is 3. The van der Waals surface area contributed by atoms with E-state index in [2.05, 4.69) is 27.7 Å². The third-order valence-corrected chi connectivity index (χ3v) is 12.5. The third-order valence-electron chi connectivity index (χ3n) is 11.6. The normalized spacial score (nSPS) is 20.4. The Hall–Kier alpha value is -2.09. The third kappa shape index (κ3) is 22.8. The van der Waals surface area contributed by atoms with Gasteiger partial charge in [0.25, 0.3) is 7.82 Å². The van der Waals surface area contributed by atoms with Gasteiger partial charge in [0.2, 0.25) is 0 Å². The van der Waals surface area contributed by atoms with E-state index >= 15 is 0 Å². The number of carbonyl (C=O) groups excluding carboxylic acids is 2. The number of aryl methyl sites for hydroxylation is 2. The molecule has 0 spiro atoms. The van der Waals surface area contributed by atoms with Gasteiger partial charge in [-0.15, -0.1) is 0 Å². The number of esters is 2. The summed E-state index contributed by atoms with van der Waals surface area (Å²) in [5.74, 6) is 0.893. The van der Waals surface area contributed by atoms with Crippen LogP contribution in [-0.2, 0) is 45.5 Å². The van der Waals surface area contributed by atoms with E-state index in [4.69, 9.17) is 22.9 Å². The van der Waals surface area contributed by atoms with E-state index in [9.17, 15) is 34.4 Å². The van der Waals surface area contributed by atoms with Crippen LogP contribution in [-0.4, -0.2) is 104 Å². The molecule has 3 N–H and O–H groups in total. The fourth-order valence-electron chi connectivity index (χ4n) is 7.68. The zero-order valence-electron chi connectivity index (χ0n) is 38.2. The van der Waals surface area contributed by atoms with Crippen LogP contribution in [0.5, 0.6) is 0 Å². The smallest absolute Gasteiger partial charge is 0.306 e. The summed E-state index contributed by atoms with van der Waals surface area (Å²) in [5, 5.41) is 31.5. The molecule has 14 heteroatoms. The molecule has 0 amide bonds. The standard InChI is InChI=1S/C46H82NO12P/c1-8-10-17-23-37(48)28-29-40-39(41(49)32-42(40)50)24-18-15-16-21-27-46(52)58-38(34-57-60(53,54)56-31-30-47(5,6)7)33-55-45(51)26-20-14-12-11-13-19-25-44-36(4)35(3)43(59-44)22-9-2/h28-29,37-42,48-50H,8-27,30-34H2,1-7H3/b29-28+/t37-,38+,39+,40+,41-,42+/m0/s1. The summed E-state index contributed by atoms with van der Waals surface area (Å²) in [6, 6.07) is 0. The first-order valence-corrected chi connectivity index (χ1v) is 24.5. The molecule has 0 aliphatic heterocycles. The lowest BCUT2D eigenvalue weighted by Crippen LogP contribution is -2.37. The Morgan fingerprint density at radius 1 is 0.817 bits per heavy atom. The second kappa shape index (κ2) is 29.3. The summed E-state index contributed by atoms with van der Waals surface area (Å²) < 4.78 is 40.1. The number of phosphoric acid groups is 1. The summed E-state index contributed by atoms with van der Waals surface area (Å²) >= 11 is 0. The van der Waals surface area contributed by atoms with Crippen molar-refractivity contribution in [1.82, 2.24) is 0 Å². The molecule has 0 bridgehead atoms. The minimum Gasteiger partial charge on any atom is -0.756 e. The molecule has 1 fully saturated rings. The Labute approximate surface area is 361 Å². The molecule has 1 unspecified atom stereocenters. The maximum atomic E-state index is 12.8. The van der Waals surface area contributed by atoms with Gasteiger partial charge in [-0.1, -0.05) is 90.2 Å². The molecular weight excluding hydrogens is 789 g/mol. The first-order chi connectivity index (χ1) is 28.5. The van der Waals surface area contributed by atoms with Gasteiger partial charge in [0.05, 0.1) is 46.1 Å². The number of likely N-dealkylation sites (N-methyl/N-ethyl adjacent to an activating group) is 1. The van der Waals surface area contributed by atoms with E-state index in [0.717, 1.165) is 101 Å². The number of unbranched alkanes of at least 4 members (excludes halogenated alkanes) is 10. The monoisotopic (exact) mass is 872 g/mol. The molecule has 2 rings (SSSR count). The Kier molecular flexibility index (Phi) is 26.4. The van der Waals surface area contributed by atoms with E-state index < -0.39 is 50.8 Å². The van der Waals surface area contributed by atoms with Crippen molar-refractivity contribution in [3.8, 4) is 0 Å². The topological polar surface area (TPSA) is 185 Å². The van der Waals surface area contributed by atoms with E-state index in [1.54, 1.807) is 6.08 Å². The molecule has 1 saturated carbocycles. The predicted octanol–water partition coefficient (Wildman–Crippen LogP) is 7.98. The Bertz CT molecular complexity index is 1420. The molecule has 348 valence electrons. The molecule has 60 heavy (non-hydrogen) atoms. The van der Waals surface area contributed by atoms with Crippen LogP contribution in [0.3, 0.4) is 0 Å². The van der Waals surface area contributed by atoms with Crippen LogP contribution < -0.4 is 4.89 Å². The van der Waals surface area contributed by atoms with Gasteiger partial charge in [-0.25, -0.2) is 0 Å². The average molecular weight is 872 g/mol. The summed E-state index contributed by atoms with van der Waals surface area (Å²) in [6.07, 6.45) is 17.4. The maximum absolute atomic E-state index is 12.8. The van der Waals surface area contributed by atoms with Crippen LogP contribution in [0, 0.1) is 25.7 Å². The van der Waals surface area contributed by atoms with E-state index in [0.29, 0.717) is 43.1 Å². The highest BCUT2D eigenvalue weighted by Gasteiger charge is 2.39. The molecule has 1 aromatic rings. The van der Waals surface area contributed by atoms with Gasteiger partial charge >= 0.3 is 11.9 Å². The molecule has 7 atom stereocenters. The van der Waals surface area contributed by atoms with Crippen molar-refractivity contribution in [3.63, 3.8) is 0 Å².